The van der Waals surface area contributed by atoms with Gasteiger partial charge in [-0.1, -0.05) is 34.8 Å². The van der Waals surface area contributed by atoms with Crippen molar-refractivity contribution in [3.8, 4) is 16.9 Å². The Kier molecular flexibility index (Phi) is 7.30. The van der Waals surface area contributed by atoms with Crippen LogP contribution in [0, 0.1) is 5.82 Å². The summed E-state index contributed by atoms with van der Waals surface area (Å²) in [6.45, 7) is 2.53. The normalized spacial score (nSPS) is 14.8. The highest BCUT2D eigenvalue weighted by molar-refractivity contribution is 6.40. The third-order valence-corrected chi connectivity index (χ3v) is 5.79. The first kappa shape index (κ1) is 24.0. The molecular formula is C19H17Cl3F4N2O3. The lowest BCUT2D eigenvalue weighted by molar-refractivity contribution is -0.143. The Hall–Kier alpha value is -1.68. The molecule has 2 aromatic rings. The van der Waals surface area contributed by atoms with E-state index in [4.69, 9.17) is 44.3 Å². The Morgan fingerprint density at radius 2 is 1.84 bits per heavy atom. The first-order valence-electron chi connectivity index (χ1n) is 9.18. The summed E-state index contributed by atoms with van der Waals surface area (Å²) in [5, 5.41) is -1.28. The summed E-state index contributed by atoms with van der Waals surface area (Å²) in [6.07, 6.45) is -4.80. The number of aromatic nitrogens is 1. The van der Waals surface area contributed by atoms with Gasteiger partial charge in [-0.25, -0.2) is 4.39 Å². The fourth-order valence-corrected chi connectivity index (χ4v) is 4.29. The van der Waals surface area contributed by atoms with Crippen LogP contribution in [-0.4, -0.2) is 48.3 Å². The number of carbonyl (C=O) groups excluding carboxylic acids is 1. The van der Waals surface area contributed by atoms with E-state index in [2.05, 4.69) is 0 Å². The molecule has 0 aliphatic carbocycles. The van der Waals surface area contributed by atoms with Crippen LogP contribution < -0.4 is 4.74 Å². The van der Waals surface area contributed by atoms with E-state index in [1.165, 1.54) is 11.8 Å². The largest absolute Gasteiger partial charge is 0.482 e. The number of morpholine rings is 1. The lowest BCUT2D eigenvalue weighted by atomic mass is 10.1. The van der Waals surface area contributed by atoms with Gasteiger partial charge in [-0.3, -0.25) is 4.79 Å². The highest BCUT2D eigenvalue weighted by Crippen LogP contribution is 2.47. The van der Waals surface area contributed by atoms with E-state index in [9.17, 15) is 22.4 Å². The third kappa shape index (κ3) is 4.89. The highest BCUT2D eigenvalue weighted by atomic mass is 35.5. The summed E-state index contributed by atoms with van der Waals surface area (Å²) in [5.74, 6) is -1.37. The molecule has 1 aromatic carbocycles. The molecule has 0 atom stereocenters. The van der Waals surface area contributed by atoms with Crippen LogP contribution in [0.25, 0.3) is 11.1 Å². The molecule has 0 bridgehead atoms. The lowest BCUT2D eigenvalue weighted by Crippen LogP contribution is -2.43. The monoisotopic (exact) mass is 502 g/mol. The molecule has 3 rings (SSSR count). The van der Waals surface area contributed by atoms with Crippen LogP contribution in [0.15, 0.2) is 12.1 Å². The summed E-state index contributed by atoms with van der Waals surface area (Å²) < 4.78 is 66.5. The van der Waals surface area contributed by atoms with Gasteiger partial charge in [0.05, 0.1) is 23.3 Å². The summed E-state index contributed by atoms with van der Waals surface area (Å²) in [4.78, 5) is 13.8. The zero-order valence-electron chi connectivity index (χ0n) is 16.2. The van der Waals surface area contributed by atoms with Gasteiger partial charge in [0.1, 0.15) is 22.4 Å². The van der Waals surface area contributed by atoms with Crippen molar-refractivity contribution >= 4 is 40.7 Å². The van der Waals surface area contributed by atoms with E-state index in [0.29, 0.717) is 26.3 Å². The second-order valence-electron chi connectivity index (χ2n) is 6.61. The standard InChI is InChI=1S/C19H17Cl3F4N2O3/c1-2-28-17(19(24,25)26)16(21)15(18(28)22)10-7-13(11(20)8-12(10)23)31-9-14(29)27-3-5-30-6-4-27/h7-8H,2-6,9H2,1H3. The average molecular weight is 504 g/mol. The van der Waals surface area contributed by atoms with Crippen molar-refractivity contribution in [2.45, 2.75) is 19.6 Å². The van der Waals surface area contributed by atoms with Gasteiger partial charge in [-0.05, 0) is 19.1 Å². The number of benzene rings is 1. The van der Waals surface area contributed by atoms with Gasteiger partial charge in [0, 0.05) is 30.8 Å². The number of nitrogens with zero attached hydrogens (tertiary/aromatic N) is 2. The van der Waals surface area contributed by atoms with Crippen LogP contribution in [0.4, 0.5) is 17.6 Å². The van der Waals surface area contributed by atoms with Crippen LogP contribution in [0.3, 0.4) is 0 Å². The fraction of sp³-hybridized carbons (Fsp3) is 0.421. The summed E-state index contributed by atoms with van der Waals surface area (Å²) in [7, 11) is 0. The molecule has 31 heavy (non-hydrogen) atoms. The highest BCUT2D eigenvalue weighted by Gasteiger charge is 2.40. The second-order valence-corrected chi connectivity index (χ2v) is 7.76. The van der Waals surface area contributed by atoms with Gasteiger partial charge in [0.25, 0.3) is 5.91 Å². The summed E-state index contributed by atoms with van der Waals surface area (Å²) in [6, 6.07) is 1.95. The summed E-state index contributed by atoms with van der Waals surface area (Å²) in [5.41, 5.74) is -1.85. The van der Waals surface area contributed by atoms with Gasteiger partial charge in [-0.2, -0.15) is 13.2 Å². The van der Waals surface area contributed by atoms with Crippen molar-refractivity contribution in [1.29, 1.82) is 0 Å². The maximum atomic E-state index is 14.7. The van der Waals surface area contributed by atoms with Crippen molar-refractivity contribution in [1.82, 2.24) is 9.47 Å². The smallest absolute Gasteiger partial charge is 0.432 e. The Labute approximate surface area is 190 Å². The van der Waals surface area contributed by atoms with Crippen LogP contribution in [0.5, 0.6) is 5.75 Å². The van der Waals surface area contributed by atoms with Gasteiger partial charge < -0.3 is 18.9 Å². The quantitative estimate of drug-likeness (QED) is 0.504. The van der Waals surface area contributed by atoms with Crippen molar-refractivity contribution in [2.75, 3.05) is 32.9 Å². The molecule has 2 heterocycles. The Morgan fingerprint density at radius 3 is 2.39 bits per heavy atom. The number of alkyl halides is 3. The molecule has 1 aliphatic heterocycles. The number of ether oxygens (including phenoxy) is 2. The SMILES string of the molecule is CCn1c(Cl)c(-c2cc(OCC(=O)N3CCOCC3)c(Cl)cc2F)c(Cl)c1C(F)(F)F. The van der Waals surface area contributed by atoms with E-state index in [0.717, 1.165) is 16.7 Å². The number of hydrogen-bond acceptors (Lipinski definition) is 3. The fourth-order valence-electron chi connectivity index (χ4n) is 3.24. The molecular weight excluding hydrogens is 487 g/mol. The summed E-state index contributed by atoms with van der Waals surface area (Å²) >= 11 is 18.1. The average Bonchev–Trinajstić information content (AvgIpc) is 2.97. The van der Waals surface area contributed by atoms with Crippen LogP contribution in [0.2, 0.25) is 15.2 Å². The first-order chi connectivity index (χ1) is 14.6. The molecule has 1 fully saturated rings. The predicted octanol–water partition coefficient (Wildman–Crippen LogP) is 5.53. The predicted molar refractivity (Wildman–Crippen MR) is 108 cm³/mol. The molecule has 0 N–H and O–H groups in total. The van der Waals surface area contributed by atoms with Crippen molar-refractivity contribution in [3.05, 3.63) is 38.8 Å². The molecule has 1 amide bonds. The second kappa shape index (κ2) is 9.44. The molecule has 1 aliphatic rings. The van der Waals surface area contributed by atoms with E-state index in [1.54, 1.807) is 0 Å². The van der Waals surface area contributed by atoms with E-state index < -0.39 is 29.3 Å². The van der Waals surface area contributed by atoms with E-state index >= 15 is 0 Å². The number of halogens is 7. The molecule has 5 nitrogen and oxygen atoms in total. The molecule has 1 aromatic heterocycles. The number of amides is 1. The number of hydrogen-bond donors (Lipinski definition) is 0. The van der Waals surface area contributed by atoms with E-state index in [-0.39, 0.29) is 39.5 Å². The zero-order valence-corrected chi connectivity index (χ0v) is 18.4. The van der Waals surface area contributed by atoms with Crippen LogP contribution in [-0.2, 0) is 22.3 Å². The maximum absolute atomic E-state index is 14.7. The Morgan fingerprint density at radius 1 is 1.19 bits per heavy atom. The molecule has 0 radical (unpaired) electrons. The molecule has 0 spiro atoms. The minimum absolute atomic E-state index is 0.0929. The lowest BCUT2D eigenvalue weighted by Gasteiger charge is -2.26. The van der Waals surface area contributed by atoms with Gasteiger partial charge in [0.15, 0.2) is 6.61 Å². The first-order valence-corrected chi connectivity index (χ1v) is 10.3. The number of carbonyl (C=O) groups is 1. The van der Waals surface area contributed by atoms with Gasteiger partial charge in [0.2, 0.25) is 0 Å². The molecule has 0 saturated carbocycles. The van der Waals surface area contributed by atoms with Crippen LogP contribution >= 0.6 is 34.8 Å². The Balaban J connectivity index is 1.96. The van der Waals surface area contributed by atoms with Crippen molar-refractivity contribution in [2.24, 2.45) is 0 Å². The maximum Gasteiger partial charge on any atom is 0.432 e. The van der Waals surface area contributed by atoms with Gasteiger partial charge >= 0.3 is 6.18 Å². The zero-order chi connectivity index (χ0) is 22.9. The Bertz CT molecular complexity index is 989. The van der Waals surface area contributed by atoms with E-state index in [1.807, 2.05) is 0 Å². The topological polar surface area (TPSA) is 43.7 Å². The molecule has 0 unspecified atom stereocenters. The molecule has 1 saturated heterocycles. The van der Waals surface area contributed by atoms with Gasteiger partial charge in [-0.15, -0.1) is 0 Å². The van der Waals surface area contributed by atoms with Crippen molar-refractivity contribution < 1.29 is 31.8 Å². The van der Waals surface area contributed by atoms with Crippen LogP contribution in [0.1, 0.15) is 12.6 Å². The number of rotatable bonds is 5. The molecule has 170 valence electrons. The minimum Gasteiger partial charge on any atom is -0.482 e. The molecule has 12 heteroatoms. The minimum atomic E-state index is -4.80. The van der Waals surface area contributed by atoms with Crippen molar-refractivity contribution in [3.63, 3.8) is 0 Å². The third-order valence-electron chi connectivity index (χ3n) is 4.73.